The van der Waals surface area contributed by atoms with Crippen molar-refractivity contribution in [1.82, 2.24) is 19.9 Å². The molecule has 1 aromatic carbocycles. The van der Waals surface area contributed by atoms with E-state index in [0.29, 0.717) is 73.4 Å². The molecule has 12 nitrogen and oxygen atoms in total. The molecule has 2 aliphatic rings. The fraction of sp³-hybridized carbons (Fsp3) is 0.395. The fourth-order valence-corrected chi connectivity index (χ4v) is 6.17. The summed E-state index contributed by atoms with van der Waals surface area (Å²) >= 11 is 7.33. The first kappa shape index (κ1) is 40.1. The number of aromatic nitrogens is 3. The number of pyridine rings is 2. The van der Waals surface area contributed by atoms with Gasteiger partial charge in [0.05, 0.1) is 35.3 Å². The molecule has 0 spiro atoms. The Morgan fingerprint density at radius 3 is 2.31 bits per heavy atom. The van der Waals surface area contributed by atoms with Gasteiger partial charge in [0.15, 0.2) is 22.5 Å². The number of aliphatic hydroxyl groups excluding tert-OH is 1. The number of benzene rings is 1. The van der Waals surface area contributed by atoms with Gasteiger partial charge in [0, 0.05) is 62.1 Å². The maximum atomic E-state index is 12.0. The second-order valence-corrected chi connectivity index (χ2v) is 15.6. The first-order chi connectivity index (χ1) is 24.7. The van der Waals surface area contributed by atoms with Gasteiger partial charge in [-0.3, -0.25) is 9.59 Å². The largest absolute Gasteiger partial charge is 0.493 e. The average molecular weight is 749 g/mol. The number of hydrogen-bond donors (Lipinski definition) is 3. The molecular weight excluding hydrogens is 700 g/mol. The number of thiazole rings is 1. The van der Waals surface area contributed by atoms with Crippen molar-refractivity contribution in [2.75, 3.05) is 66.8 Å². The van der Waals surface area contributed by atoms with Crippen LogP contribution in [-0.4, -0.2) is 89.8 Å². The lowest BCUT2D eigenvalue weighted by Crippen LogP contribution is -2.52. The number of para-hydroxylation sites is 1. The van der Waals surface area contributed by atoms with Crippen LogP contribution in [0, 0.1) is 19.3 Å². The Bertz CT molecular complexity index is 1810. The van der Waals surface area contributed by atoms with E-state index < -0.39 is 0 Å². The number of β-amino-alcohol motifs (C(OH)–C–C–N with tert-alkyl or cyclic N) is 1. The number of carbonyl (C=O) groups excluding carboxylic acids is 2. The van der Waals surface area contributed by atoms with Crippen LogP contribution in [0.15, 0.2) is 61.4 Å². The summed E-state index contributed by atoms with van der Waals surface area (Å²) in [4.78, 5) is 43.3. The van der Waals surface area contributed by atoms with Crippen LogP contribution >= 0.6 is 22.9 Å². The van der Waals surface area contributed by atoms with Crippen LogP contribution < -0.4 is 25.2 Å². The number of aryl methyl sites for hydroxylation is 2. The molecule has 0 radical (unpaired) electrons. The lowest BCUT2D eigenvalue weighted by molar-refractivity contribution is -0.126. The van der Waals surface area contributed by atoms with Gasteiger partial charge < -0.3 is 35.2 Å². The maximum absolute atomic E-state index is 12.0. The summed E-state index contributed by atoms with van der Waals surface area (Å²) in [5.41, 5.74) is 4.70. The predicted octanol–water partition coefficient (Wildman–Crippen LogP) is 6.95. The molecule has 2 aliphatic heterocycles. The van der Waals surface area contributed by atoms with Crippen LogP contribution in [0.2, 0.25) is 5.02 Å². The van der Waals surface area contributed by atoms with Gasteiger partial charge in [-0.05, 0) is 55.2 Å². The molecule has 0 saturated carbocycles. The van der Waals surface area contributed by atoms with Gasteiger partial charge in [-0.15, -0.1) is 11.3 Å². The van der Waals surface area contributed by atoms with E-state index in [9.17, 15) is 14.7 Å². The van der Waals surface area contributed by atoms with E-state index in [1.54, 1.807) is 29.4 Å². The van der Waals surface area contributed by atoms with Crippen LogP contribution in [0.5, 0.6) is 5.75 Å². The molecule has 2 saturated heterocycles. The Morgan fingerprint density at radius 1 is 1.06 bits per heavy atom. The summed E-state index contributed by atoms with van der Waals surface area (Å²) in [5.74, 6) is 2.00. The molecule has 4 aromatic rings. The number of methoxy groups -OCH3 is 1. The smallest absolute Gasteiger partial charge is 0.246 e. The lowest BCUT2D eigenvalue weighted by Gasteiger charge is -2.42. The second kappa shape index (κ2) is 18.2. The third-order valence-electron chi connectivity index (χ3n) is 7.76. The van der Waals surface area contributed by atoms with Gasteiger partial charge in [-0.2, -0.15) is 0 Å². The van der Waals surface area contributed by atoms with Crippen molar-refractivity contribution in [2.24, 2.45) is 5.41 Å². The standard InChI is InChI=1S/C25H29N7O3S.C8H8ClNO.C5H12/c1-4-22(34)30-7-9-31(10-8-30)24-20(32-14-18(33)15-32)11-17(13-26-24)19-5-6-21(35-3)23(28-19)29-25-27-12-16(2)36-25;1-6-3-2-4-7(9)8(6)10-5-11;1-5(2,3)4/h4-6,11-13,18,33H,1,7-10,14-15H2,2-3H3,(H,27,28,29);2-5H,1H3,(H,10,11);1-4H3. The van der Waals surface area contributed by atoms with Crippen LogP contribution in [0.1, 0.15) is 38.1 Å². The Morgan fingerprint density at radius 2 is 1.75 bits per heavy atom. The number of nitrogens with zero attached hydrogens (tertiary/aromatic N) is 6. The topological polar surface area (TPSA) is 136 Å². The summed E-state index contributed by atoms with van der Waals surface area (Å²) in [7, 11) is 1.61. The van der Waals surface area contributed by atoms with Gasteiger partial charge in [-0.25, -0.2) is 15.0 Å². The molecule has 0 bridgehead atoms. The predicted molar refractivity (Wildman–Crippen MR) is 212 cm³/mol. The van der Waals surface area contributed by atoms with Crippen molar-refractivity contribution < 1.29 is 19.4 Å². The lowest BCUT2D eigenvalue weighted by atomic mass is 10.0. The van der Waals surface area contributed by atoms with Gasteiger partial charge in [0.2, 0.25) is 12.3 Å². The monoisotopic (exact) mass is 748 g/mol. The number of rotatable bonds is 9. The van der Waals surface area contributed by atoms with Crippen LogP contribution in [0.4, 0.5) is 28.1 Å². The zero-order valence-electron chi connectivity index (χ0n) is 30.9. The molecule has 278 valence electrons. The molecule has 2 amide bonds. The average Bonchev–Trinajstić information content (AvgIpc) is 3.51. The Labute approximate surface area is 315 Å². The Kier molecular flexibility index (Phi) is 14.0. The van der Waals surface area contributed by atoms with E-state index in [1.807, 2.05) is 50.5 Å². The molecule has 14 heteroatoms. The third kappa shape index (κ3) is 11.1. The van der Waals surface area contributed by atoms with Crippen molar-refractivity contribution in [3.63, 3.8) is 0 Å². The maximum Gasteiger partial charge on any atom is 0.246 e. The number of ether oxygens (including phenoxy) is 1. The minimum absolute atomic E-state index is 0.0491. The zero-order valence-corrected chi connectivity index (χ0v) is 32.5. The van der Waals surface area contributed by atoms with Gasteiger partial charge in [0.1, 0.15) is 0 Å². The van der Waals surface area contributed by atoms with E-state index in [0.717, 1.165) is 38.3 Å². The zero-order chi connectivity index (χ0) is 38.0. The van der Waals surface area contributed by atoms with Gasteiger partial charge >= 0.3 is 0 Å². The summed E-state index contributed by atoms with van der Waals surface area (Å²) in [6.45, 7) is 19.9. The number of carbonyl (C=O) groups is 2. The quantitative estimate of drug-likeness (QED) is 0.122. The van der Waals surface area contributed by atoms with Crippen LogP contribution in [0.25, 0.3) is 11.3 Å². The Balaban J connectivity index is 0.000000314. The number of hydrogen-bond acceptors (Lipinski definition) is 11. The van der Waals surface area contributed by atoms with Crippen molar-refractivity contribution >= 4 is 63.4 Å². The number of anilines is 5. The first-order valence-electron chi connectivity index (χ1n) is 17.0. The number of nitrogens with one attached hydrogen (secondary N) is 2. The molecule has 0 aliphatic carbocycles. The van der Waals surface area contributed by atoms with Crippen LogP contribution in [0.3, 0.4) is 0 Å². The molecular formula is C38H49ClN8O4S. The Hall–Kier alpha value is -4.72. The molecule has 52 heavy (non-hydrogen) atoms. The van der Waals surface area contributed by atoms with Crippen molar-refractivity contribution in [1.29, 1.82) is 0 Å². The van der Waals surface area contributed by atoms with Gasteiger partial charge in [0.25, 0.3) is 0 Å². The minimum Gasteiger partial charge on any atom is -0.493 e. The molecule has 6 rings (SSSR count). The van der Waals surface area contributed by atoms with E-state index in [-0.39, 0.29) is 12.0 Å². The first-order valence-corrected chi connectivity index (χ1v) is 18.2. The van der Waals surface area contributed by atoms with Gasteiger partial charge in [-0.1, -0.05) is 58.0 Å². The SMILES string of the molecule is C=CC(=O)N1CCN(c2ncc(-c3ccc(OC)c(Nc4ncc(C)s4)n3)cc2N2CC(O)C2)CC1.CC(C)(C)C.Cc1cccc(Cl)c1NC=O. The highest BCUT2D eigenvalue weighted by Gasteiger charge is 2.30. The summed E-state index contributed by atoms with van der Waals surface area (Å²) in [5, 5.41) is 17.1. The number of halogens is 1. The van der Waals surface area contributed by atoms with E-state index in [4.69, 9.17) is 26.3 Å². The van der Waals surface area contributed by atoms with Crippen molar-refractivity contribution in [2.45, 2.75) is 47.6 Å². The molecule has 2 fully saturated rings. The van der Waals surface area contributed by atoms with E-state index in [1.165, 1.54) is 6.08 Å². The number of aliphatic hydroxyl groups is 1. The number of piperazine rings is 1. The summed E-state index contributed by atoms with van der Waals surface area (Å²) in [6, 6.07) is 11.3. The molecule has 3 N–H and O–H groups in total. The number of amides is 2. The highest BCUT2D eigenvalue weighted by atomic mass is 35.5. The van der Waals surface area contributed by atoms with E-state index in [2.05, 4.69) is 65.8 Å². The molecule has 3 aromatic heterocycles. The normalized spacial score (nSPS) is 14.2. The molecule has 0 unspecified atom stereocenters. The second-order valence-electron chi connectivity index (χ2n) is 14.0. The fourth-order valence-electron chi connectivity index (χ4n) is 5.23. The molecule has 0 atom stereocenters. The highest BCUT2D eigenvalue weighted by Crippen LogP contribution is 2.36. The third-order valence-corrected chi connectivity index (χ3v) is 8.90. The summed E-state index contributed by atoms with van der Waals surface area (Å²) in [6.07, 6.45) is 5.26. The van der Waals surface area contributed by atoms with Crippen LogP contribution in [-0.2, 0) is 9.59 Å². The van der Waals surface area contributed by atoms with Crippen molar-refractivity contribution in [3.8, 4) is 17.0 Å². The molecule has 5 heterocycles. The van der Waals surface area contributed by atoms with E-state index >= 15 is 0 Å². The summed E-state index contributed by atoms with van der Waals surface area (Å²) < 4.78 is 5.51. The highest BCUT2D eigenvalue weighted by molar-refractivity contribution is 7.15. The minimum atomic E-state index is -0.347. The van der Waals surface area contributed by atoms with Crippen molar-refractivity contribution in [3.05, 3.63) is 76.9 Å².